The number of carbonyl (C=O) groups is 1. The summed E-state index contributed by atoms with van der Waals surface area (Å²) in [7, 11) is 0. The minimum Gasteiger partial charge on any atom is -0.352 e. The van der Waals surface area contributed by atoms with Gasteiger partial charge in [0.15, 0.2) is 0 Å². The Balaban J connectivity index is 1.96. The second-order valence-electron chi connectivity index (χ2n) is 3.58. The monoisotopic (exact) mass is 328 g/mol. The van der Waals surface area contributed by atoms with E-state index in [9.17, 15) is 9.18 Å². The number of nitrogens with one attached hydrogen (secondary N) is 1. The fourth-order valence-electron chi connectivity index (χ4n) is 1.47. The van der Waals surface area contributed by atoms with E-state index in [1.165, 1.54) is 17.4 Å². The molecule has 1 amide bonds. The zero-order valence-corrected chi connectivity index (χ0v) is 11.7. The Bertz CT molecular complexity index is 525. The van der Waals surface area contributed by atoms with Gasteiger partial charge in [-0.15, -0.1) is 11.3 Å². The van der Waals surface area contributed by atoms with E-state index in [1.54, 1.807) is 17.6 Å². The number of benzene rings is 1. The van der Waals surface area contributed by atoms with Crippen molar-refractivity contribution in [1.82, 2.24) is 10.3 Å². The highest BCUT2D eigenvalue weighted by molar-refractivity contribution is 9.10. The third-order valence-electron chi connectivity index (χ3n) is 2.34. The molecule has 0 radical (unpaired) electrons. The molecule has 0 unspecified atom stereocenters. The maximum Gasteiger partial charge on any atom is 0.255 e. The highest BCUT2D eigenvalue weighted by atomic mass is 79.9. The van der Waals surface area contributed by atoms with Crippen molar-refractivity contribution in [3.05, 3.63) is 50.6 Å². The minimum atomic E-state index is -0.532. The third-order valence-corrected chi connectivity index (χ3v) is 3.64. The topological polar surface area (TPSA) is 42.0 Å². The lowest BCUT2D eigenvalue weighted by molar-refractivity contribution is 0.0949. The van der Waals surface area contributed by atoms with E-state index in [0.717, 1.165) is 5.69 Å². The van der Waals surface area contributed by atoms with E-state index in [0.29, 0.717) is 17.4 Å². The predicted octanol–water partition coefficient (Wildman–Crippen LogP) is 3.02. The lowest BCUT2D eigenvalue weighted by Gasteiger charge is -2.06. The Morgan fingerprint density at radius 1 is 1.50 bits per heavy atom. The summed E-state index contributed by atoms with van der Waals surface area (Å²) in [6.45, 7) is 0.434. The van der Waals surface area contributed by atoms with Crippen LogP contribution in [0, 0.1) is 5.82 Å². The molecule has 1 heterocycles. The first kappa shape index (κ1) is 13.2. The SMILES string of the molecule is O=C(NCCc1cscn1)c1c(F)cccc1Br. The van der Waals surface area contributed by atoms with Gasteiger partial charge in [0, 0.05) is 22.8 Å². The fourth-order valence-corrected chi connectivity index (χ4v) is 2.58. The van der Waals surface area contributed by atoms with Crippen LogP contribution in [0.5, 0.6) is 0 Å². The molecule has 0 spiro atoms. The average molecular weight is 329 g/mol. The van der Waals surface area contributed by atoms with Crippen molar-refractivity contribution in [1.29, 1.82) is 0 Å². The van der Waals surface area contributed by atoms with Gasteiger partial charge in [0.2, 0.25) is 0 Å². The van der Waals surface area contributed by atoms with Crippen LogP contribution in [-0.2, 0) is 6.42 Å². The molecule has 6 heteroatoms. The van der Waals surface area contributed by atoms with E-state index in [4.69, 9.17) is 0 Å². The fraction of sp³-hybridized carbons (Fsp3) is 0.167. The van der Waals surface area contributed by atoms with Crippen molar-refractivity contribution in [2.75, 3.05) is 6.54 Å². The van der Waals surface area contributed by atoms with Crippen LogP contribution >= 0.6 is 27.3 Å². The summed E-state index contributed by atoms with van der Waals surface area (Å²) >= 11 is 4.68. The zero-order valence-electron chi connectivity index (χ0n) is 9.32. The van der Waals surface area contributed by atoms with Gasteiger partial charge in [-0.25, -0.2) is 9.37 Å². The number of rotatable bonds is 4. The number of thiazole rings is 1. The van der Waals surface area contributed by atoms with Crippen molar-refractivity contribution in [2.24, 2.45) is 0 Å². The van der Waals surface area contributed by atoms with Crippen LogP contribution in [0.15, 0.2) is 33.6 Å². The van der Waals surface area contributed by atoms with Crippen molar-refractivity contribution >= 4 is 33.2 Å². The van der Waals surface area contributed by atoms with Crippen molar-refractivity contribution in [3.63, 3.8) is 0 Å². The van der Waals surface area contributed by atoms with Crippen LogP contribution < -0.4 is 5.32 Å². The Morgan fingerprint density at radius 3 is 3.00 bits per heavy atom. The van der Waals surface area contributed by atoms with Gasteiger partial charge in [-0.3, -0.25) is 4.79 Å². The Labute approximate surface area is 116 Å². The molecule has 3 nitrogen and oxygen atoms in total. The molecule has 2 aromatic rings. The van der Waals surface area contributed by atoms with Crippen molar-refractivity contribution in [2.45, 2.75) is 6.42 Å². The first-order chi connectivity index (χ1) is 8.68. The molecule has 1 aromatic heterocycles. The van der Waals surface area contributed by atoms with Crippen molar-refractivity contribution < 1.29 is 9.18 Å². The smallest absolute Gasteiger partial charge is 0.255 e. The van der Waals surface area contributed by atoms with E-state index in [-0.39, 0.29) is 5.56 Å². The number of hydrogen-bond donors (Lipinski definition) is 1. The molecule has 1 aromatic carbocycles. The van der Waals surface area contributed by atoms with E-state index < -0.39 is 11.7 Å². The largest absolute Gasteiger partial charge is 0.352 e. The predicted molar refractivity (Wildman–Crippen MR) is 72.3 cm³/mol. The quantitative estimate of drug-likeness (QED) is 0.937. The molecule has 0 atom stereocenters. The molecule has 0 aliphatic rings. The van der Waals surface area contributed by atoms with Gasteiger partial charge >= 0.3 is 0 Å². The minimum absolute atomic E-state index is 0.0378. The molecule has 2 rings (SSSR count). The average Bonchev–Trinajstić information content (AvgIpc) is 2.82. The summed E-state index contributed by atoms with van der Waals surface area (Å²) in [4.78, 5) is 15.9. The first-order valence-electron chi connectivity index (χ1n) is 5.28. The summed E-state index contributed by atoms with van der Waals surface area (Å²) in [6.07, 6.45) is 0.640. The molecule has 94 valence electrons. The molecule has 0 bridgehead atoms. The molecule has 18 heavy (non-hydrogen) atoms. The van der Waals surface area contributed by atoms with Crippen LogP contribution in [0.2, 0.25) is 0 Å². The molecule has 1 N–H and O–H groups in total. The molecular formula is C12H10BrFN2OS. The first-order valence-corrected chi connectivity index (χ1v) is 7.01. The summed E-state index contributed by atoms with van der Waals surface area (Å²) in [5.41, 5.74) is 2.70. The van der Waals surface area contributed by atoms with Gasteiger partial charge in [0.05, 0.1) is 16.8 Å². The highest BCUT2D eigenvalue weighted by Crippen LogP contribution is 2.19. The number of amides is 1. The summed E-state index contributed by atoms with van der Waals surface area (Å²) in [5, 5.41) is 4.60. The maximum atomic E-state index is 13.5. The number of nitrogens with zero attached hydrogens (tertiary/aromatic N) is 1. The van der Waals surface area contributed by atoms with E-state index in [1.807, 2.05) is 5.38 Å². The lowest BCUT2D eigenvalue weighted by Crippen LogP contribution is -2.27. The molecule has 0 aliphatic carbocycles. The summed E-state index contributed by atoms with van der Waals surface area (Å²) in [5.74, 6) is -0.953. The maximum absolute atomic E-state index is 13.5. The van der Waals surface area contributed by atoms with Crippen LogP contribution in [0.4, 0.5) is 4.39 Å². The molecule has 0 saturated carbocycles. The third kappa shape index (κ3) is 3.14. The number of hydrogen-bond acceptors (Lipinski definition) is 3. The summed E-state index contributed by atoms with van der Waals surface area (Å²) < 4.78 is 14.0. The Hall–Kier alpha value is -1.27. The van der Waals surface area contributed by atoms with E-state index >= 15 is 0 Å². The molecule has 0 aliphatic heterocycles. The van der Waals surface area contributed by atoms with Gasteiger partial charge in [-0.1, -0.05) is 6.07 Å². The summed E-state index contributed by atoms with van der Waals surface area (Å²) in [6, 6.07) is 4.45. The van der Waals surface area contributed by atoms with Gasteiger partial charge in [0.1, 0.15) is 5.82 Å². The second-order valence-corrected chi connectivity index (χ2v) is 5.16. The van der Waals surface area contributed by atoms with E-state index in [2.05, 4.69) is 26.2 Å². The van der Waals surface area contributed by atoms with Gasteiger partial charge in [0.25, 0.3) is 5.91 Å². The highest BCUT2D eigenvalue weighted by Gasteiger charge is 2.14. The normalized spacial score (nSPS) is 10.3. The van der Waals surface area contributed by atoms with Crippen molar-refractivity contribution in [3.8, 4) is 0 Å². The van der Waals surface area contributed by atoms with Gasteiger partial charge in [-0.2, -0.15) is 0 Å². The Kier molecular flexibility index (Phi) is 4.43. The number of carbonyl (C=O) groups excluding carboxylic acids is 1. The number of aromatic nitrogens is 1. The zero-order chi connectivity index (χ0) is 13.0. The Morgan fingerprint density at radius 2 is 2.33 bits per heavy atom. The molecule has 0 fully saturated rings. The van der Waals surface area contributed by atoms with Gasteiger partial charge in [-0.05, 0) is 28.1 Å². The van der Waals surface area contributed by atoms with Crippen LogP contribution in [0.1, 0.15) is 16.1 Å². The van der Waals surface area contributed by atoms with Gasteiger partial charge < -0.3 is 5.32 Å². The molecule has 0 saturated heterocycles. The van der Waals surface area contributed by atoms with Crippen LogP contribution in [0.25, 0.3) is 0 Å². The van der Waals surface area contributed by atoms with Crippen LogP contribution in [0.3, 0.4) is 0 Å². The second kappa shape index (κ2) is 6.06. The molecular weight excluding hydrogens is 319 g/mol. The number of halogens is 2. The van der Waals surface area contributed by atoms with Crippen LogP contribution in [-0.4, -0.2) is 17.4 Å². The lowest BCUT2D eigenvalue weighted by atomic mass is 10.2. The standard InChI is InChI=1S/C12H10BrFN2OS/c13-9-2-1-3-10(14)11(9)12(17)15-5-4-8-6-18-7-16-8/h1-3,6-7H,4-5H2,(H,15,17).